The van der Waals surface area contributed by atoms with Crippen molar-refractivity contribution in [3.05, 3.63) is 46.5 Å². The SMILES string of the molecule is O=C(COC(=O)CCn1c(=O)oc2ccccc21)NCCC1=CCCCC1. The maximum Gasteiger partial charge on any atom is 0.419 e. The molecule has 0 fully saturated rings. The molecule has 0 unspecified atom stereocenters. The molecule has 1 aliphatic rings. The molecule has 3 rings (SSSR count). The summed E-state index contributed by atoms with van der Waals surface area (Å²) in [6.07, 6.45) is 7.76. The second-order valence-corrected chi connectivity index (χ2v) is 6.61. The summed E-state index contributed by atoms with van der Waals surface area (Å²) in [5.41, 5.74) is 2.49. The van der Waals surface area contributed by atoms with Gasteiger partial charge in [-0.05, 0) is 44.2 Å². The zero-order chi connectivity index (χ0) is 19.1. The third-order valence-electron chi connectivity index (χ3n) is 4.63. The van der Waals surface area contributed by atoms with Crippen molar-refractivity contribution < 1.29 is 18.7 Å². The predicted octanol–water partition coefficient (Wildman–Crippen LogP) is 2.53. The number of esters is 1. The van der Waals surface area contributed by atoms with Crippen molar-refractivity contribution in [2.24, 2.45) is 0 Å². The molecule has 1 amide bonds. The number of carbonyl (C=O) groups excluding carboxylic acids is 2. The van der Waals surface area contributed by atoms with E-state index in [0.29, 0.717) is 17.6 Å². The first kappa shape index (κ1) is 18.9. The number of oxazole rings is 1. The van der Waals surface area contributed by atoms with Gasteiger partial charge in [-0.3, -0.25) is 14.2 Å². The molecule has 0 saturated heterocycles. The summed E-state index contributed by atoms with van der Waals surface area (Å²) in [5.74, 6) is -1.36. The van der Waals surface area contributed by atoms with E-state index in [4.69, 9.17) is 9.15 Å². The van der Waals surface area contributed by atoms with E-state index in [-0.39, 0.29) is 25.5 Å². The molecular weight excluding hydrogens is 348 g/mol. The van der Waals surface area contributed by atoms with Gasteiger partial charge in [0.2, 0.25) is 0 Å². The molecule has 0 radical (unpaired) electrons. The smallest absolute Gasteiger partial charge is 0.419 e. The molecule has 0 spiro atoms. The highest BCUT2D eigenvalue weighted by atomic mass is 16.5. The molecule has 0 atom stereocenters. The molecule has 1 N–H and O–H groups in total. The van der Waals surface area contributed by atoms with Crippen LogP contribution in [0.1, 0.15) is 38.5 Å². The lowest BCUT2D eigenvalue weighted by atomic mass is 9.97. The Morgan fingerprint density at radius 3 is 2.89 bits per heavy atom. The van der Waals surface area contributed by atoms with Gasteiger partial charge in [0, 0.05) is 13.1 Å². The van der Waals surface area contributed by atoms with Gasteiger partial charge in [-0.1, -0.05) is 23.8 Å². The number of ether oxygens (including phenoxy) is 1. The summed E-state index contributed by atoms with van der Waals surface area (Å²) < 4.78 is 11.5. The molecule has 0 saturated carbocycles. The summed E-state index contributed by atoms with van der Waals surface area (Å²) in [6, 6.07) is 7.01. The second-order valence-electron chi connectivity index (χ2n) is 6.61. The topological polar surface area (TPSA) is 90.5 Å². The highest BCUT2D eigenvalue weighted by Crippen LogP contribution is 2.19. The summed E-state index contributed by atoms with van der Waals surface area (Å²) in [7, 11) is 0. The van der Waals surface area contributed by atoms with Crippen molar-refractivity contribution in [1.82, 2.24) is 9.88 Å². The van der Waals surface area contributed by atoms with Crippen LogP contribution in [-0.2, 0) is 20.9 Å². The number of aryl methyl sites for hydroxylation is 1. The maximum atomic E-state index is 11.9. The van der Waals surface area contributed by atoms with Crippen LogP contribution in [-0.4, -0.2) is 29.6 Å². The number of amides is 1. The van der Waals surface area contributed by atoms with Gasteiger partial charge < -0.3 is 14.5 Å². The molecule has 144 valence electrons. The molecule has 1 aliphatic carbocycles. The van der Waals surface area contributed by atoms with Crippen molar-refractivity contribution in [1.29, 1.82) is 0 Å². The van der Waals surface area contributed by atoms with E-state index in [9.17, 15) is 14.4 Å². The Morgan fingerprint density at radius 1 is 1.22 bits per heavy atom. The standard InChI is InChI=1S/C20H24N2O5/c23-18(21-12-10-15-6-2-1-3-7-15)14-26-19(24)11-13-22-16-8-4-5-9-17(16)27-20(22)25/h4-6,8-9H,1-3,7,10-14H2,(H,21,23). The van der Waals surface area contributed by atoms with E-state index in [0.717, 1.165) is 19.3 Å². The molecule has 0 bridgehead atoms. The van der Waals surface area contributed by atoms with Crippen molar-refractivity contribution in [2.45, 2.75) is 45.1 Å². The Balaban J connectivity index is 1.37. The van der Waals surface area contributed by atoms with Gasteiger partial charge in [0.05, 0.1) is 11.9 Å². The van der Waals surface area contributed by atoms with E-state index < -0.39 is 11.7 Å². The van der Waals surface area contributed by atoms with Crippen molar-refractivity contribution in [3.63, 3.8) is 0 Å². The van der Waals surface area contributed by atoms with Gasteiger partial charge in [0.1, 0.15) is 0 Å². The van der Waals surface area contributed by atoms with Crippen LogP contribution >= 0.6 is 0 Å². The van der Waals surface area contributed by atoms with Crippen molar-refractivity contribution in [3.8, 4) is 0 Å². The molecule has 7 nitrogen and oxygen atoms in total. The van der Waals surface area contributed by atoms with Crippen LogP contribution in [0.5, 0.6) is 0 Å². The third kappa shape index (κ3) is 5.32. The van der Waals surface area contributed by atoms with Crippen molar-refractivity contribution in [2.75, 3.05) is 13.2 Å². The molecular formula is C20H24N2O5. The number of hydrogen-bond acceptors (Lipinski definition) is 5. The summed E-state index contributed by atoms with van der Waals surface area (Å²) in [4.78, 5) is 35.5. The Morgan fingerprint density at radius 2 is 2.07 bits per heavy atom. The van der Waals surface area contributed by atoms with Gasteiger partial charge in [0.25, 0.3) is 5.91 Å². The zero-order valence-corrected chi connectivity index (χ0v) is 15.2. The average molecular weight is 372 g/mol. The predicted molar refractivity (Wildman–Crippen MR) is 100 cm³/mol. The van der Waals surface area contributed by atoms with E-state index in [2.05, 4.69) is 11.4 Å². The number of nitrogens with one attached hydrogen (secondary N) is 1. The molecule has 1 heterocycles. The summed E-state index contributed by atoms with van der Waals surface area (Å²) in [6.45, 7) is 0.391. The van der Waals surface area contributed by atoms with Gasteiger partial charge in [-0.25, -0.2) is 4.79 Å². The fraction of sp³-hybridized carbons (Fsp3) is 0.450. The second kappa shape index (κ2) is 9.21. The lowest BCUT2D eigenvalue weighted by Crippen LogP contribution is -2.30. The molecule has 1 aromatic carbocycles. The number of rotatable bonds is 8. The minimum atomic E-state index is -0.530. The first-order valence-corrected chi connectivity index (χ1v) is 9.32. The number of fused-ring (bicyclic) bond motifs is 1. The Hall–Kier alpha value is -2.83. The van der Waals surface area contributed by atoms with E-state index >= 15 is 0 Å². The third-order valence-corrected chi connectivity index (χ3v) is 4.63. The number of aromatic nitrogens is 1. The fourth-order valence-electron chi connectivity index (χ4n) is 3.19. The van der Waals surface area contributed by atoms with Gasteiger partial charge >= 0.3 is 11.7 Å². The quantitative estimate of drug-likeness (QED) is 0.568. The zero-order valence-electron chi connectivity index (χ0n) is 15.2. The molecule has 27 heavy (non-hydrogen) atoms. The molecule has 1 aromatic heterocycles. The van der Waals surface area contributed by atoms with Crippen molar-refractivity contribution >= 4 is 23.0 Å². The van der Waals surface area contributed by atoms with Gasteiger partial charge in [-0.15, -0.1) is 0 Å². The lowest BCUT2D eigenvalue weighted by molar-refractivity contribution is -0.148. The Bertz CT molecular complexity index is 893. The van der Waals surface area contributed by atoms with Crippen LogP contribution in [0.2, 0.25) is 0 Å². The number of para-hydroxylation sites is 2. The first-order chi connectivity index (χ1) is 13.1. The Labute approximate surface area is 157 Å². The highest BCUT2D eigenvalue weighted by molar-refractivity contribution is 5.80. The van der Waals surface area contributed by atoms with Crippen LogP contribution in [0.25, 0.3) is 11.1 Å². The first-order valence-electron chi connectivity index (χ1n) is 9.32. The average Bonchev–Trinajstić information content (AvgIpc) is 3.00. The van der Waals surface area contributed by atoms with Crippen LogP contribution in [0.4, 0.5) is 0 Å². The van der Waals surface area contributed by atoms with Crippen LogP contribution in [0.3, 0.4) is 0 Å². The monoisotopic (exact) mass is 372 g/mol. The Kier molecular flexibility index (Phi) is 6.46. The highest BCUT2D eigenvalue weighted by Gasteiger charge is 2.12. The van der Waals surface area contributed by atoms with Crippen LogP contribution in [0.15, 0.2) is 45.1 Å². The normalized spacial score (nSPS) is 14.0. The lowest BCUT2D eigenvalue weighted by Gasteiger charge is -2.13. The van der Waals surface area contributed by atoms with E-state index in [1.165, 1.54) is 23.0 Å². The molecule has 0 aliphatic heterocycles. The number of hydrogen-bond donors (Lipinski definition) is 1. The number of benzene rings is 1. The van der Waals surface area contributed by atoms with E-state index in [1.54, 1.807) is 24.3 Å². The summed E-state index contributed by atoms with van der Waals surface area (Å²) in [5, 5.41) is 2.76. The largest absolute Gasteiger partial charge is 0.456 e. The van der Waals surface area contributed by atoms with Gasteiger partial charge in [0.15, 0.2) is 12.2 Å². The minimum absolute atomic E-state index is 0.0103. The number of carbonyl (C=O) groups is 2. The van der Waals surface area contributed by atoms with E-state index in [1.807, 2.05) is 0 Å². The molecule has 2 aromatic rings. The fourth-order valence-corrected chi connectivity index (χ4v) is 3.19. The number of nitrogens with zero attached hydrogens (tertiary/aromatic N) is 1. The number of allylic oxidation sites excluding steroid dienone is 1. The summed E-state index contributed by atoms with van der Waals surface area (Å²) >= 11 is 0. The van der Waals surface area contributed by atoms with Crippen LogP contribution in [0, 0.1) is 0 Å². The minimum Gasteiger partial charge on any atom is -0.456 e. The molecule has 7 heteroatoms. The maximum absolute atomic E-state index is 11.9. The van der Waals surface area contributed by atoms with Crippen LogP contribution < -0.4 is 11.1 Å². The van der Waals surface area contributed by atoms with Gasteiger partial charge in [-0.2, -0.15) is 0 Å².